The second kappa shape index (κ2) is 7.22. The Kier molecular flexibility index (Phi) is 5.05. The molecular formula is C20H26N2O2. The molecule has 4 nitrogen and oxygen atoms in total. The molecule has 0 saturated heterocycles. The van der Waals surface area contributed by atoms with Crippen molar-refractivity contribution in [2.45, 2.75) is 39.2 Å². The highest BCUT2D eigenvalue weighted by Crippen LogP contribution is 2.38. The van der Waals surface area contributed by atoms with Gasteiger partial charge in [0.1, 0.15) is 5.75 Å². The molecule has 1 fully saturated rings. The van der Waals surface area contributed by atoms with Crippen LogP contribution >= 0.6 is 0 Å². The van der Waals surface area contributed by atoms with Crippen LogP contribution in [0.3, 0.4) is 0 Å². The summed E-state index contributed by atoms with van der Waals surface area (Å²) in [5, 5.41) is 3.27. The molecule has 1 aromatic carbocycles. The minimum absolute atomic E-state index is 0.181. The summed E-state index contributed by atoms with van der Waals surface area (Å²) < 4.78 is 7.55. The summed E-state index contributed by atoms with van der Waals surface area (Å²) >= 11 is 0. The Hall–Kier alpha value is -2.07. The average Bonchev–Trinajstić information content (AvgIpc) is 3.37. The SMILES string of the molecule is COc1cccc(CCNCC(=O)c2cc(C)n(C3CC3)c2C)c1. The van der Waals surface area contributed by atoms with E-state index >= 15 is 0 Å². The molecule has 0 atom stereocenters. The average molecular weight is 326 g/mol. The van der Waals surface area contributed by atoms with Gasteiger partial charge in [0.2, 0.25) is 0 Å². The van der Waals surface area contributed by atoms with Gasteiger partial charge in [0.15, 0.2) is 5.78 Å². The van der Waals surface area contributed by atoms with Crippen molar-refractivity contribution in [1.82, 2.24) is 9.88 Å². The van der Waals surface area contributed by atoms with E-state index in [4.69, 9.17) is 4.74 Å². The first kappa shape index (κ1) is 16.8. The fraction of sp³-hybridized carbons (Fsp3) is 0.450. The molecule has 3 rings (SSSR count). The monoisotopic (exact) mass is 326 g/mol. The first-order valence-corrected chi connectivity index (χ1v) is 8.65. The van der Waals surface area contributed by atoms with Gasteiger partial charge in [0.05, 0.1) is 13.7 Å². The Morgan fingerprint density at radius 1 is 1.29 bits per heavy atom. The van der Waals surface area contributed by atoms with Crippen molar-refractivity contribution >= 4 is 5.78 Å². The highest BCUT2D eigenvalue weighted by atomic mass is 16.5. The van der Waals surface area contributed by atoms with Gasteiger partial charge in [-0.3, -0.25) is 4.79 Å². The van der Waals surface area contributed by atoms with Crippen LogP contribution in [0.25, 0.3) is 0 Å². The van der Waals surface area contributed by atoms with Crippen LogP contribution in [-0.4, -0.2) is 30.5 Å². The standard InChI is InChI=1S/C20H26N2O2/c1-14-11-19(15(2)22(14)17-7-8-17)20(23)13-21-10-9-16-5-4-6-18(12-16)24-3/h4-6,11-12,17,21H,7-10,13H2,1-3H3. The number of rotatable bonds is 8. The van der Waals surface area contributed by atoms with Gasteiger partial charge in [-0.15, -0.1) is 0 Å². The molecule has 1 N–H and O–H groups in total. The van der Waals surface area contributed by atoms with Crippen LogP contribution in [0, 0.1) is 13.8 Å². The Labute approximate surface area is 143 Å². The number of aromatic nitrogens is 1. The van der Waals surface area contributed by atoms with Crippen LogP contribution in [0.2, 0.25) is 0 Å². The maximum Gasteiger partial charge on any atom is 0.178 e. The summed E-state index contributed by atoms with van der Waals surface area (Å²) in [6.07, 6.45) is 3.36. The molecule has 128 valence electrons. The number of carbonyl (C=O) groups excluding carboxylic acids is 1. The van der Waals surface area contributed by atoms with Gasteiger partial charge >= 0.3 is 0 Å². The highest BCUT2D eigenvalue weighted by molar-refractivity contribution is 5.99. The minimum atomic E-state index is 0.181. The summed E-state index contributed by atoms with van der Waals surface area (Å²) in [6, 6.07) is 10.7. The van der Waals surface area contributed by atoms with Crippen molar-refractivity contribution in [1.29, 1.82) is 0 Å². The van der Waals surface area contributed by atoms with Crippen LogP contribution in [-0.2, 0) is 6.42 Å². The van der Waals surface area contributed by atoms with E-state index in [2.05, 4.69) is 29.8 Å². The largest absolute Gasteiger partial charge is 0.497 e. The van der Waals surface area contributed by atoms with E-state index < -0.39 is 0 Å². The third-order valence-corrected chi connectivity index (χ3v) is 4.71. The quantitative estimate of drug-likeness (QED) is 0.597. The smallest absolute Gasteiger partial charge is 0.178 e. The lowest BCUT2D eigenvalue weighted by atomic mass is 10.1. The van der Waals surface area contributed by atoms with Gasteiger partial charge in [-0.05, 0) is 63.4 Å². The zero-order chi connectivity index (χ0) is 17.1. The van der Waals surface area contributed by atoms with Crippen LogP contribution in [0.4, 0.5) is 0 Å². The van der Waals surface area contributed by atoms with Gasteiger partial charge in [-0.2, -0.15) is 0 Å². The molecule has 1 aromatic heterocycles. The summed E-state index contributed by atoms with van der Waals surface area (Å²) in [7, 11) is 1.67. The molecular weight excluding hydrogens is 300 g/mol. The topological polar surface area (TPSA) is 43.3 Å². The fourth-order valence-corrected chi connectivity index (χ4v) is 3.31. The molecule has 2 aromatic rings. The summed E-state index contributed by atoms with van der Waals surface area (Å²) in [4.78, 5) is 12.5. The number of ketones is 1. The number of benzene rings is 1. The van der Waals surface area contributed by atoms with Crippen LogP contribution in [0.1, 0.15) is 46.2 Å². The van der Waals surface area contributed by atoms with E-state index in [0.29, 0.717) is 12.6 Å². The normalized spacial score (nSPS) is 14.0. The van der Waals surface area contributed by atoms with Gasteiger partial charge in [0.25, 0.3) is 0 Å². The predicted octanol–water partition coefficient (Wildman–Crippen LogP) is 3.46. The first-order valence-electron chi connectivity index (χ1n) is 8.65. The lowest BCUT2D eigenvalue weighted by molar-refractivity contribution is 0.0990. The van der Waals surface area contributed by atoms with Gasteiger partial charge in [0, 0.05) is 23.0 Å². The molecule has 0 spiro atoms. The number of ether oxygens (including phenoxy) is 1. The molecule has 0 amide bonds. The van der Waals surface area contributed by atoms with E-state index in [0.717, 1.165) is 30.0 Å². The molecule has 0 unspecified atom stereocenters. The van der Waals surface area contributed by atoms with Gasteiger partial charge in [-0.1, -0.05) is 12.1 Å². The van der Waals surface area contributed by atoms with Gasteiger partial charge < -0.3 is 14.6 Å². The zero-order valence-electron chi connectivity index (χ0n) is 14.8. The summed E-state index contributed by atoms with van der Waals surface area (Å²) in [5.41, 5.74) is 4.40. The Morgan fingerprint density at radius 2 is 2.08 bits per heavy atom. The molecule has 0 bridgehead atoms. The molecule has 1 aliphatic carbocycles. The molecule has 4 heteroatoms. The van der Waals surface area contributed by atoms with E-state index in [9.17, 15) is 4.79 Å². The molecule has 24 heavy (non-hydrogen) atoms. The summed E-state index contributed by atoms with van der Waals surface area (Å²) in [5.74, 6) is 1.05. The van der Waals surface area contributed by atoms with Crippen molar-refractivity contribution in [3.63, 3.8) is 0 Å². The number of Topliss-reactive ketones (excluding diaryl/α,β-unsaturated/α-hetero) is 1. The zero-order valence-corrected chi connectivity index (χ0v) is 14.8. The summed E-state index contributed by atoms with van der Waals surface area (Å²) in [6.45, 7) is 5.33. The van der Waals surface area contributed by atoms with E-state index in [1.54, 1.807) is 7.11 Å². The van der Waals surface area contributed by atoms with Crippen molar-refractivity contribution in [3.05, 3.63) is 52.8 Å². The van der Waals surface area contributed by atoms with E-state index in [-0.39, 0.29) is 5.78 Å². The first-order chi connectivity index (χ1) is 11.6. The molecule has 0 radical (unpaired) electrons. The second-order valence-corrected chi connectivity index (χ2v) is 6.59. The number of nitrogens with one attached hydrogen (secondary N) is 1. The molecule has 1 heterocycles. The van der Waals surface area contributed by atoms with E-state index in [1.165, 1.54) is 24.1 Å². The van der Waals surface area contributed by atoms with Crippen LogP contribution in [0.15, 0.2) is 30.3 Å². The Balaban J connectivity index is 1.51. The number of hydrogen-bond donors (Lipinski definition) is 1. The van der Waals surface area contributed by atoms with Gasteiger partial charge in [-0.25, -0.2) is 0 Å². The van der Waals surface area contributed by atoms with Crippen molar-refractivity contribution in [3.8, 4) is 5.75 Å². The molecule has 1 saturated carbocycles. The third-order valence-electron chi connectivity index (χ3n) is 4.71. The van der Waals surface area contributed by atoms with Crippen molar-refractivity contribution in [2.24, 2.45) is 0 Å². The Morgan fingerprint density at radius 3 is 2.79 bits per heavy atom. The van der Waals surface area contributed by atoms with Crippen molar-refractivity contribution < 1.29 is 9.53 Å². The van der Waals surface area contributed by atoms with Crippen LogP contribution < -0.4 is 10.1 Å². The van der Waals surface area contributed by atoms with E-state index in [1.807, 2.05) is 24.3 Å². The van der Waals surface area contributed by atoms with Crippen molar-refractivity contribution in [2.75, 3.05) is 20.2 Å². The lowest BCUT2D eigenvalue weighted by Gasteiger charge is -2.08. The maximum atomic E-state index is 12.5. The number of carbonyl (C=O) groups is 1. The second-order valence-electron chi connectivity index (χ2n) is 6.59. The number of aryl methyl sites for hydroxylation is 1. The fourth-order valence-electron chi connectivity index (χ4n) is 3.31. The molecule has 0 aliphatic heterocycles. The predicted molar refractivity (Wildman–Crippen MR) is 96.1 cm³/mol. The maximum absolute atomic E-state index is 12.5. The minimum Gasteiger partial charge on any atom is -0.497 e. The van der Waals surface area contributed by atoms with Crippen LogP contribution in [0.5, 0.6) is 5.75 Å². The molecule has 1 aliphatic rings. The highest BCUT2D eigenvalue weighted by Gasteiger charge is 2.28. The lowest BCUT2D eigenvalue weighted by Crippen LogP contribution is -2.25. The number of hydrogen-bond acceptors (Lipinski definition) is 3. The number of methoxy groups -OCH3 is 1. The third kappa shape index (κ3) is 3.70. The Bertz CT molecular complexity index is 729. The number of nitrogens with zero attached hydrogens (tertiary/aromatic N) is 1.